The molecule has 7 heteroatoms. The predicted molar refractivity (Wildman–Crippen MR) is 86.5 cm³/mol. The van der Waals surface area contributed by atoms with E-state index >= 15 is 0 Å². The van der Waals surface area contributed by atoms with Crippen molar-refractivity contribution >= 4 is 23.4 Å². The lowest BCUT2D eigenvalue weighted by Gasteiger charge is -2.08. The number of hydrogen-bond acceptors (Lipinski definition) is 5. The van der Waals surface area contributed by atoms with Crippen LogP contribution in [0.4, 0.5) is 5.69 Å². The molecule has 0 saturated heterocycles. The van der Waals surface area contributed by atoms with Gasteiger partial charge in [-0.25, -0.2) is 4.68 Å². The number of aromatic nitrogens is 2. The first-order valence-electron chi connectivity index (χ1n) is 6.66. The van der Waals surface area contributed by atoms with Gasteiger partial charge in [-0.05, 0) is 36.6 Å². The Labute approximate surface area is 132 Å². The number of amides is 1. The van der Waals surface area contributed by atoms with Crippen LogP contribution in [-0.4, -0.2) is 35.7 Å². The van der Waals surface area contributed by atoms with Crippen molar-refractivity contribution in [2.75, 3.05) is 25.3 Å². The van der Waals surface area contributed by atoms with Gasteiger partial charge in [0.15, 0.2) is 0 Å². The molecule has 1 aromatic carbocycles. The average Bonchev–Trinajstić information content (AvgIpc) is 2.54. The highest BCUT2D eigenvalue weighted by molar-refractivity contribution is 7.98. The van der Waals surface area contributed by atoms with Crippen molar-refractivity contribution in [3.8, 4) is 0 Å². The molecule has 0 atom stereocenters. The zero-order chi connectivity index (χ0) is 15.9. The fourth-order valence-electron chi connectivity index (χ4n) is 1.78. The topological polar surface area (TPSA) is 73.2 Å². The number of nitrogens with one attached hydrogen (secondary N) is 1. The van der Waals surface area contributed by atoms with Crippen molar-refractivity contribution in [3.05, 3.63) is 52.4 Å². The van der Waals surface area contributed by atoms with Gasteiger partial charge in [0, 0.05) is 23.8 Å². The first-order chi connectivity index (χ1) is 10.6. The summed E-state index contributed by atoms with van der Waals surface area (Å²) in [6.07, 6.45) is 1.99. The van der Waals surface area contributed by atoms with Gasteiger partial charge in [0.25, 0.3) is 11.5 Å². The fraction of sp³-hybridized carbons (Fsp3) is 0.267. The Hall–Kier alpha value is -2.12. The Morgan fingerprint density at radius 2 is 2.00 bits per heavy atom. The van der Waals surface area contributed by atoms with Gasteiger partial charge < -0.3 is 10.1 Å². The van der Waals surface area contributed by atoms with Crippen LogP contribution in [0.15, 0.2) is 46.1 Å². The molecule has 1 heterocycles. The fourth-order valence-corrected chi connectivity index (χ4v) is 2.19. The monoisotopic (exact) mass is 319 g/mol. The lowest BCUT2D eigenvalue weighted by Crippen LogP contribution is -2.27. The van der Waals surface area contributed by atoms with E-state index in [1.807, 2.05) is 30.5 Å². The zero-order valence-corrected chi connectivity index (χ0v) is 13.2. The standard InChI is InChI=1S/C15H17N3O3S/c1-21-10-9-18-14(19)8-7-13(17-18)15(20)16-11-3-5-12(22-2)6-4-11/h3-8H,9-10H2,1-2H3,(H,16,20). The largest absolute Gasteiger partial charge is 0.383 e. The number of thioether (sulfide) groups is 1. The molecule has 0 aliphatic carbocycles. The average molecular weight is 319 g/mol. The second-order valence-corrected chi connectivity index (χ2v) is 5.34. The Kier molecular flexibility index (Phi) is 5.74. The third-order valence-corrected chi connectivity index (χ3v) is 3.70. The molecule has 0 aliphatic heterocycles. The molecule has 1 N–H and O–H groups in total. The molecule has 0 radical (unpaired) electrons. The predicted octanol–water partition coefficient (Wildman–Crippen LogP) is 1.86. The van der Waals surface area contributed by atoms with Crippen molar-refractivity contribution in [1.82, 2.24) is 9.78 Å². The number of rotatable bonds is 6. The third-order valence-electron chi connectivity index (χ3n) is 2.95. The maximum absolute atomic E-state index is 12.2. The first-order valence-corrected chi connectivity index (χ1v) is 7.89. The Balaban J connectivity index is 2.12. The number of benzene rings is 1. The van der Waals surface area contributed by atoms with Crippen LogP contribution in [0.1, 0.15) is 10.5 Å². The number of anilines is 1. The molecule has 0 bridgehead atoms. The van der Waals surface area contributed by atoms with E-state index in [-0.39, 0.29) is 17.2 Å². The highest BCUT2D eigenvalue weighted by Gasteiger charge is 2.10. The maximum Gasteiger partial charge on any atom is 0.276 e. The highest BCUT2D eigenvalue weighted by atomic mass is 32.2. The minimum atomic E-state index is -0.358. The molecule has 0 saturated carbocycles. The van der Waals surface area contributed by atoms with Crippen LogP contribution in [0.25, 0.3) is 0 Å². The van der Waals surface area contributed by atoms with Crippen molar-refractivity contribution < 1.29 is 9.53 Å². The molecule has 116 valence electrons. The van der Waals surface area contributed by atoms with Gasteiger partial charge in [-0.2, -0.15) is 5.10 Å². The molecule has 1 amide bonds. The summed E-state index contributed by atoms with van der Waals surface area (Å²) in [5, 5.41) is 6.80. The van der Waals surface area contributed by atoms with E-state index in [0.29, 0.717) is 18.8 Å². The molecule has 2 rings (SSSR count). The van der Waals surface area contributed by atoms with E-state index in [9.17, 15) is 9.59 Å². The molecular formula is C15H17N3O3S. The highest BCUT2D eigenvalue weighted by Crippen LogP contribution is 2.17. The number of methoxy groups -OCH3 is 1. The van der Waals surface area contributed by atoms with Crippen molar-refractivity contribution in [3.63, 3.8) is 0 Å². The summed E-state index contributed by atoms with van der Waals surface area (Å²) in [5.74, 6) is -0.358. The first kappa shape index (κ1) is 16.3. The number of carbonyl (C=O) groups excluding carboxylic acids is 1. The van der Waals surface area contributed by atoms with Gasteiger partial charge in [0.1, 0.15) is 5.69 Å². The molecule has 6 nitrogen and oxygen atoms in total. The van der Waals surface area contributed by atoms with Crippen LogP contribution >= 0.6 is 11.8 Å². The number of hydrogen-bond donors (Lipinski definition) is 1. The summed E-state index contributed by atoms with van der Waals surface area (Å²) in [5.41, 5.74) is 0.599. The van der Waals surface area contributed by atoms with E-state index in [4.69, 9.17) is 4.74 Å². The van der Waals surface area contributed by atoms with Crippen molar-refractivity contribution in [2.24, 2.45) is 0 Å². The van der Waals surface area contributed by atoms with Gasteiger partial charge in [-0.3, -0.25) is 9.59 Å². The van der Waals surface area contributed by atoms with Gasteiger partial charge in [-0.1, -0.05) is 0 Å². The van der Waals surface area contributed by atoms with Crippen molar-refractivity contribution in [1.29, 1.82) is 0 Å². The minimum Gasteiger partial charge on any atom is -0.383 e. The summed E-state index contributed by atoms with van der Waals surface area (Å²) in [6, 6.07) is 10.2. The lowest BCUT2D eigenvalue weighted by atomic mass is 10.3. The minimum absolute atomic E-state index is 0.185. The van der Waals surface area contributed by atoms with Crippen molar-refractivity contribution in [2.45, 2.75) is 11.4 Å². The summed E-state index contributed by atoms with van der Waals surface area (Å²) in [7, 11) is 1.54. The number of nitrogens with zero attached hydrogens (tertiary/aromatic N) is 2. The normalized spacial score (nSPS) is 10.5. The van der Waals surface area contributed by atoms with Crippen LogP contribution in [0.2, 0.25) is 0 Å². The number of ether oxygens (including phenoxy) is 1. The van der Waals surface area contributed by atoms with Crippen LogP contribution in [0.3, 0.4) is 0 Å². The van der Waals surface area contributed by atoms with Gasteiger partial charge in [-0.15, -0.1) is 11.8 Å². The molecule has 2 aromatic rings. The van der Waals surface area contributed by atoms with Gasteiger partial charge >= 0.3 is 0 Å². The van der Waals surface area contributed by atoms with E-state index in [2.05, 4.69) is 10.4 Å². The van der Waals surface area contributed by atoms with E-state index in [1.54, 1.807) is 18.9 Å². The molecule has 0 aliphatic rings. The number of carbonyl (C=O) groups is 1. The third kappa shape index (κ3) is 4.19. The SMILES string of the molecule is COCCn1nc(C(=O)Nc2ccc(SC)cc2)ccc1=O. The summed E-state index contributed by atoms with van der Waals surface area (Å²) < 4.78 is 6.13. The Bertz CT molecular complexity index is 698. The second kappa shape index (κ2) is 7.77. The van der Waals surface area contributed by atoms with Crippen LogP contribution in [0, 0.1) is 0 Å². The Morgan fingerprint density at radius 1 is 1.27 bits per heavy atom. The van der Waals surface area contributed by atoms with E-state index in [0.717, 1.165) is 4.90 Å². The molecular weight excluding hydrogens is 302 g/mol. The molecule has 0 fully saturated rings. The molecule has 22 heavy (non-hydrogen) atoms. The molecule has 1 aromatic heterocycles. The van der Waals surface area contributed by atoms with Gasteiger partial charge in [0.05, 0.1) is 13.2 Å². The van der Waals surface area contributed by atoms with Crippen LogP contribution in [-0.2, 0) is 11.3 Å². The summed E-state index contributed by atoms with van der Waals surface area (Å²) in [4.78, 5) is 24.9. The summed E-state index contributed by atoms with van der Waals surface area (Å²) >= 11 is 1.63. The molecule has 0 spiro atoms. The van der Waals surface area contributed by atoms with Gasteiger partial charge in [0.2, 0.25) is 0 Å². The second-order valence-electron chi connectivity index (χ2n) is 4.46. The van der Waals surface area contributed by atoms with E-state index in [1.165, 1.54) is 16.8 Å². The Morgan fingerprint density at radius 3 is 2.64 bits per heavy atom. The van der Waals surface area contributed by atoms with Crippen LogP contribution < -0.4 is 10.9 Å². The quantitative estimate of drug-likeness (QED) is 0.823. The van der Waals surface area contributed by atoms with E-state index < -0.39 is 0 Å². The molecule has 0 unspecified atom stereocenters. The smallest absolute Gasteiger partial charge is 0.276 e. The summed E-state index contributed by atoms with van der Waals surface area (Å²) in [6.45, 7) is 0.660. The lowest BCUT2D eigenvalue weighted by molar-refractivity contribution is 0.101. The van der Waals surface area contributed by atoms with Crippen LogP contribution in [0.5, 0.6) is 0 Å². The maximum atomic E-state index is 12.2. The zero-order valence-electron chi connectivity index (χ0n) is 12.4.